The molecule has 1 saturated carbocycles. The molecule has 2 N–H and O–H groups in total. The maximum absolute atomic E-state index is 12.7. The number of hydrogen-bond acceptors (Lipinski definition) is 5. The molecule has 144 valence electrons. The molecule has 4 rings (SSSR count). The average molecular weight is 371 g/mol. The van der Waals surface area contributed by atoms with Gasteiger partial charge < -0.3 is 24.5 Å². The number of aromatic nitrogens is 2. The molecule has 1 aliphatic heterocycles. The predicted octanol–water partition coefficient (Wildman–Crippen LogP) is 1.32. The fraction of sp³-hybridized carbons (Fsp3) is 0.500. The molecule has 1 saturated heterocycles. The summed E-state index contributed by atoms with van der Waals surface area (Å²) in [7, 11) is 1.66. The topological polar surface area (TPSA) is 85.6 Å². The Morgan fingerprint density at radius 3 is 2.96 bits per heavy atom. The fourth-order valence-corrected chi connectivity index (χ4v) is 4.00. The van der Waals surface area contributed by atoms with Gasteiger partial charge in [-0.3, -0.25) is 4.79 Å². The van der Waals surface area contributed by atoms with Gasteiger partial charge in [0.2, 0.25) is 0 Å². The van der Waals surface area contributed by atoms with E-state index in [9.17, 15) is 9.90 Å². The molecule has 2 aromatic rings. The SMILES string of the molecule is COC1(c2cccc(C(=O)N[C@@H]3CC(Cn4ccnc4)C[C@H]3O)c2)COC1. The van der Waals surface area contributed by atoms with Crippen molar-refractivity contribution in [2.45, 2.75) is 37.1 Å². The summed E-state index contributed by atoms with van der Waals surface area (Å²) in [6.45, 7) is 1.78. The smallest absolute Gasteiger partial charge is 0.251 e. The van der Waals surface area contributed by atoms with E-state index in [0.29, 0.717) is 31.1 Å². The van der Waals surface area contributed by atoms with Gasteiger partial charge in [-0.2, -0.15) is 0 Å². The Hall–Kier alpha value is -2.22. The third kappa shape index (κ3) is 3.63. The van der Waals surface area contributed by atoms with E-state index in [4.69, 9.17) is 9.47 Å². The molecule has 0 radical (unpaired) electrons. The first-order chi connectivity index (χ1) is 13.1. The summed E-state index contributed by atoms with van der Waals surface area (Å²) < 4.78 is 12.9. The maximum atomic E-state index is 12.7. The molecule has 2 heterocycles. The molecule has 1 unspecified atom stereocenters. The van der Waals surface area contributed by atoms with Crippen molar-refractivity contribution in [1.29, 1.82) is 0 Å². The lowest BCUT2D eigenvalue weighted by molar-refractivity contribution is -0.202. The zero-order chi connectivity index (χ0) is 18.9. The number of nitrogens with one attached hydrogen (secondary N) is 1. The molecular weight excluding hydrogens is 346 g/mol. The van der Waals surface area contributed by atoms with Crippen LogP contribution in [-0.2, 0) is 21.6 Å². The van der Waals surface area contributed by atoms with Gasteiger partial charge in [-0.25, -0.2) is 4.98 Å². The second kappa shape index (κ2) is 7.42. The maximum Gasteiger partial charge on any atom is 0.251 e. The summed E-state index contributed by atoms with van der Waals surface area (Å²) in [6, 6.07) is 7.21. The van der Waals surface area contributed by atoms with E-state index in [0.717, 1.165) is 18.5 Å². The van der Waals surface area contributed by atoms with Gasteiger partial charge in [0.05, 0.1) is 31.7 Å². The van der Waals surface area contributed by atoms with Gasteiger partial charge in [0.25, 0.3) is 5.91 Å². The summed E-state index contributed by atoms with van der Waals surface area (Å²) >= 11 is 0. The van der Waals surface area contributed by atoms with Crippen LogP contribution in [0.3, 0.4) is 0 Å². The number of carbonyl (C=O) groups is 1. The molecule has 27 heavy (non-hydrogen) atoms. The lowest BCUT2D eigenvalue weighted by atomic mass is 9.90. The van der Waals surface area contributed by atoms with E-state index < -0.39 is 11.7 Å². The number of aliphatic hydroxyl groups is 1. The number of benzene rings is 1. The first kappa shape index (κ1) is 18.2. The quantitative estimate of drug-likeness (QED) is 0.800. The van der Waals surface area contributed by atoms with Crippen molar-refractivity contribution in [2.24, 2.45) is 5.92 Å². The van der Waals surface area contributed by atoms with E-state index in [-0.39, 0.29) is 11.9 Å². The zero-order valence-corrected chi connectivity index (χ0v) is 15.4. The molecule has 0 bridgehead atoms. The highest BCUT2D eigenvalue weighted by Gasteiger charge is 2.41. The highest BCUT2D eigenvalue weighted by atomic mass is 16.6. The first-order valence-electron chi connectivity index (χ1n) is 9.28. The Balaban J connectivity index is 1.40. The van der Waals surface area contributed by atoms with Crippen LogP contribution in [0.4, 0.5) is 0 Å². The van der Waals surface area contributed by atoms with Crippen molar-refractivity contribution in [3.8, 4) is 0 Å². The van der Waals surface area contributed by atoms with Crippen LogP contribution in [0.15, 0.2) is 43.0 Å². The molecule has 7 nitrogen and oxygen atoms in total. The number of nitrogens with zero attached hydrogens (tertiary/aromatic N) is 2. The van der Waals surface area contributed by atoms with Gasteiger partial charge in [-0.05, 0) is 36.5 Å². The van der Waals surface area contributed by atoms with Gasteiger partial charge in [-0.1, -0.05) is 12.1 Å². The number of amides is 1. The predicted molar refractivity (Wildman–Crippen MR) is 98.2 cm³/mol. The Morgan fingerprint density at radius 1 is 1.44 bits per heavy atom. The summed E-state index contributed by atoms with van der Waals surface area (Å²) in [5, 5.41) is 13.4. The summed E-state index contributed by atoms with van der Waals surface area (Å²) in [4.78, 5) is 16.8. The van der Waals surface area contributed by atoms with Gasteiger partial charge >= 0.3 is 0 Å². The van der Waals surface area contributed by atoms with E-state index in [1.54, 1.807) is 25.7 Å². The minimum Gasteiger partial charge on any atom is -0.391 e. The molecule has 1 aromatic carbocycles. The van der Waals surface area contributed by atoms with Crippen LogP contribution in [0, 0.1) is 5.92 Å². The van der Waals surface area contributed by atoms with E-state index >= 15 is 0 Å². The van der Waals surface area contributed by atoms with Crippen LogP contribution < -0.4 is 5.32 Å². The number of hydrogen-bond donors (Lipinski definition) is 2. The van der Waals surface area contributed by atoms with Gasteiger partial charge in [-0.15, -0.1) is 0 Å². The highest BCUT2D eigenvalue weighted by Crippen LogP contribution is 2.33. The molecular formula is C20H25N3O4. The second-order valence-electron chi connectivity index (χ2n) is 7.52. The van der Waals surface area contributed by atoms with Gasteiger partial charge in [0.1, 0.15) is 5.60 Å². The number of ether oxygens (including phenoxy) is 2. The Morgan fingerprint density at radius 2 is 2.30 bits per heavy atom. The summed E-state index contributed by atoms with van der Waals surface area (Å²) in [5.74, 6) is 0.144. The lowest BCUT2D eigenvalue weighted by Gasteiger charge is -2.40. The van der Waals surface area contributed by atoms with Gasteiger partial charge in [0.15, 0.2) is 0 Å². The van der Waals surface area contributed by atoms with Crippen molar-refractivity contribution in [3.63, 3.8) is 0 Å². The van der Waals surface area contributed by atoms with Crippen molar-refractivity contribution in [1.82, 2.24) is 14.9 Å². The van der Waals surface area contributed by atoms with Crippen LogP contribution in [0.1, 0.15) is 28.8 Å². The van der Waals surface area contributed by atoms with Gasteiger partial charge in [0, 0.05) is 31.6 Å². The number of rotatable bonds is 6. The highest BCUT2D eigenvalue weighted by molar-refractivity contribution is 5.94. The molecule has 7 heteroatoms. The molecule has 2 fully saturated rings. The normalized spacial score (nSPS) is 26.5. The number of aliphatic hydroxyl groups excluding tert-OH is 1. The van der Waals surface area contributed by atoms with Crippen LogP contribution >= 0.6 is 0 Å². The molecule has 3 atom stereocenters. The Kier molecular flexibility index (Phi) is 4.99. The van der Waals surface area contributed by atoms with E-state index in [2.05, 4.69) is 10.3 Å². The lowest BCUT2D eigenvalue weighted by Crippen LogP contribution is -2.48. The molecule has 2 aliphatic rings. The van der Waals surface area contributed by atoms with Crippen molar-refractivity contribution < 1.29 is 19.4 Å². The standard InChI is InChI=1S/C20H25N3O4/c1-26-20(11-27-12-20)16-4-2-3-15(9-16)19(25)22-17-7-14(8-18(17)24)10-23-6-5-21-13-23/h2-6,9,13-14,17-18,24H,7-8,10-12H2,1H3,(H,22,25)/t14?,17-,18-/m1/s1. The Bertz CT molecular complexity index is 783. The third-order valence-electron chi connectivity index (χ3n) is 5.68. The molecule has 0 spiro atoms. The van der Waals surface area contributed by atoms with Crippen molar-refractivity contribution in [2.75, 3.05) is 20.3 Å². The van der Waals surface area contributed by atoms with E-state index in [1.807, 2.05) is 29.0 Å². The second-order valence-corrected chi connectivity index (χ2v) is 7.52. The first-order valence-corrected chi connectivity index (χ1v) is 9.28. The minimum atomic E-state index is -0.531. The van der Waals surface area contributed by atoms with Crippen LogP contribution in [-0.4, -0.2) is 53.0 Å². The molecule has 1 aromatic heterocycles. The largest absolute Gasteiger partial charge is 0.391 e. The molecule has 1 aliphatic carbocycles. The molecule has 1 amide bonds. The van der Waals surface area contributed by atoms with E-state index in [1.165, 1.54) is 0 Å². The number of methoxy groups -OCH3 is 1. The number of imidazole rings is 1. The van der Waals surface area contributed by atoms with Crippen molar-refractivity contribution in [3.05, 3.63) is 54.1 Å². The zero-order valence-electron chi connectivity index (χ0n) is 15.4. The van der Waals surface area contributed by atoms with Crippen LogP contribution in [0.2, 0.25) is 0 Å². The fourth-order valence-electron chi connectivity index (χ4n) is 4.00. The van der Waals surface area contributed by atoms with Crippen LogP contribution in [0.25, 0.3) is 0 Å². The minimum absolute atomic E-state index is 0.171. The van der Waals surface area contributed by atoms with Crippen LogP contribution in [0.5, 0.6) is 0 Å². The monoisotopic (exact) mass is 371 g/mol. The summed E-state index contributed by atoms with van der Waals surface area (Å²) in [6.07, 6.45) is 6.33. The van der Waals surface area contributed by atoms with Crippen molar-refractivity contribution >= 4 is 5.91 Å². The number of carbonyl (C=O) groups excluding carboxylic acids is 1. The Labute approximate surface area is 158 Å². The third-order valence-corrected chi connectivity index (χ3v) is 5.68. The average Bonchev–Trinajstić information content (AvgIpc) is 3.25. The summed E-state index contributed by atoms with van der Waals surface area (Å²) in [5.41, 5.74) is 1.05.